The van der Waals surface area contributed by atoms with Gasteiger partial charge in [-0.25, -0.2) is 0 Å². The van der Waals surface area contributed by atoms with Gasteiger partial charge in [-0.1, -0.05) is 23.2 Å². The standard InChI is InChI=1S/C13H12Cl2N2/c14-9-1-2-11(15)10(6-9)13-5-8-7-16-4-3-12(8)17-13/h1-2,5-6,16-17H,3-4,7H2. The number of benzene rings is 1. The average molecular weight is 267 g/mol. The Balaban J connectivity index is 2.08. The van der Waals surface area contributed by atoms with Crippen molar-refractivity contribution >= 4 is 23.2 Å². The maximum atomic E-state index is 6.20. The SMILES string of the molecule is Clc1ccc(Cl)c(-c2cc3c([nH]2)CCNC3)c1. The second-order valence-corrected chi connectivity index (χ2v) is 5.08. The van der Waals surface area contributed by atoms with Crippen LogP contribution < -0.4 is 5.32 Å². The first-order valence-electron chi connectivity index (χ1n) is 5.61. The molecule has 88 valence electrons. The molecule has 2 nitrogen and oxygen atoms in total. The van der Waals surface area contributed by atoms with Crippen LogP contribution in [0, 0.1) is 0 Å². The number of aromatic nitrogens is 1. The van der Waals surface area contributed by atoms with Crippen molar-refractivity contribution in [3.8, 4) is 11.3 Å². The molecule has 2 heterocycles. The highest BCUT2D eigenvalue weighted by Gasteiger charge is 2.14. The average Bonchev–Trinajstić information content (AvgIpc) is 2.75. The molecule has 0 bridgehead atoms. The minimum atomic E-state index is 0.704. The van der Waals surface area contributed by atoms with Crippen LogP contribution in [0.15, 0.2) is 24.3 Å². The minimum absolute atomic E-state index is 0.704. The van der Waals surface area contributed by atoms with Gasteiger partial charge >= 0.3 is 0 Å². The number of halogens is 2. The monoisotopic (exact) mass is 266 g/mol. The van der Waals surface area contributed by atoms with Crippen molar-refractivity contribution in [1.82, 2.24) is 10.3 Å². The molecule has 1 aromatic carbocycles. The summed E-state index contributed by atoms with van der Waals surface area (Å²) in [6.07, 6.45) is 1.04. The van der Waals surface area contributed by atoms with Crippen LogP contribution in [0.2, 0.25) is 10.0 Å². The predicted octanol–water partition coefficient (Wildman–Crippen LogP) is 3.63. The topological polar surface area (TPSA) is 27.8 Å². The van der Waals surface area contributed by atoms with Crippen molar-refractivity contribution in [2.45, 2.75) is 13.0 Å². The molecule has 1 aliphatic rings. The number of aromatic amines is 1. The van der Waals surface area contributed by atoms with Crippen LogP contribution in [-0.2, 0) is 13.0 Å². The van der Waals surface area contributed by atoms with Crippen LogP contribution in [-0.4, -0.2) is 11.5 Å². The van der Waals surface area contributed by atoms with E-state index in [2.05, 4.69) is 16.4 Å². The van der Waals surface area contributed by atoms with Crippen LogP contribution in [0.5, 0.6) is 0 Å². The largest absolute Gasteiger partial charge is 0.358 e. The highest BCUT2D eigenvalue weighted by molar-refractivity contribution is 6.35. The summed E-state index contributed by atoms with van der Waals surface area (Å²) in [5.74, 6) is 0. The molecule has 3 rings (SSSR count). The highest BCUT2D eigenvalue weighted by Crippen LogP contribution is 2.31. The molecule has 17 heavy (non-hydrogen) atoms. The lowest BCUT2D eigenvalue weighted by Crippen LogP contribution is -2.22. The Morgan fingerprint density at radius 3 is 2.82 bits per heavy atom. The van der Waals surface area contributed by atoms with E-state index in [-0.39, 0.29) is 0 Å². The fourth-order valence-corrected chi connectivity index (χ4v) is 2.60. The molecule has 1 aromatic heterocycles. The second-order valence-electron chi connectivity index (χ2n) is 4.24. The summed E-state index contributed by atoms with van der Waals surface area (Å²) in [4.78, 5) is 3.43. The molecule has 0 radical (unpaired) electrons. The van der Waals surface area contributed by atoms with Crippen LogP contribution in [0.4, 0.5) is 0 Å². The lowest BCUT2D eigenvalue weighted by Gasteiger charge is -2.11. The van der Waals surface area contributed by atoms with Gasteiger partial charge in [0, 0.05) is 46.5 Å². The van der Waals surface area contributed by atoms with Gasteiger partial charge in [0.25, 0.3) is 0 Å². The Morgan fingerprint density at radius 2 is 2.00 bits per heavy atom. The van der Waals surface area contributed by atoms with Crippen molar-refractivity contribution in [3.05, 3.63) is 45.6 Å². The van der Waals surface area contributed by atoms with Crippen LogP contribution in [0.25, 0.3) is 11.3 Å². The van der Waals surface area contributed by atoms with E-state index < -0.39 is 0 Å². The molecular weight excluding hydrogens is 255 g/mol. The van der Waals surface area contributed by atoms with E-state index >= 15 is 0 Å². The number of rotatable bonds is 1. The van der Waals surface area contributed by atoms with Gasteiger partial charge in [-0.15, -0.1) is 0 Å². The number of hydrogen-bond donors (Lipinski definition) is 2. The predicted molar refractivity (Wildman–Crippen MR) is 71.7 cm³/mol. The lowest BCUT2D eigenvalue weighted by molar-refractivity contribution is 0.638. The quantitative estimate of drug-likeness (QED) is 0.811. The van der Waals surface area contributed by atoms with E-state index in [1.165, 1.54) is 11.3 Å². The van der Waals surface area contributed by atoms with Gasteiger partial charge in [0.1, 0.15) is 0 Å². The third-order valence-corrected chi connectivity index (χ3v) is 3.64. The minimum Gasteiger partial charge on any atom is -0.358 e. The van der Waals surface area contributed by atoms with Crippen molar-refractivity contribution in [2.75, 3.05) is 6.54 Å². The van der Waals surface area contributed by atoms with Crippen molar-refractivity contribution in [1.29, 1.82) is 0 Å². The Morgan fingerprint density at radius 1 is 1.12 bits per heavy atom. The molecular formula is C13H12Cl2N2. The summed E-state index contributed by atoms with van der Waals surface area (Å²) in [5.41, 5.74) is 4.64. The third kappa shape index (κ3) is 2.08. The Kier molecular flexibility index (Phi) is 2.87. The Labute approximate surface area is 110 Å². The van der Waals surface area contributed by atoms with E-state index in [4.69, 9.17) is 23.2 Å². The third-order valence-electron chi connectivity index (χ3n) is 3.08. The molecule has 4 heteroatoms. The van der Waals surface area contributed by atoms with E-state index in [0.717, 1.165) is 35.8 Å². The maximum absolute atomic E-state index is 6.20. The van der Waals surface area contributed by atoms with E-state index in [9.17, 15) is 0 Å². The van der Waals surface area contributed by atoms with Gasteiger partial charge in [0.05, 0.1) is 0 Å². The van der Waals surface area contributed by atoms with Crippen molar-refractivity contribution < 1.29 is 0 Å². The first-order chi connectivity index (χ1) is 8.24. The Hall–Kier alpha value is -0.960. The zero-order valence-electron chi connectivity index (χ0n) is 9.19. The number of fused-ring (bicyclic) bond motifs is 1. The number of H-pyrrole nitrogens is 1. The smallest absolute Gasteiger partial charge is 0.0500 e. The molecule has 0 aliphatic carbocycles. The Bertz CT molecular complexity index is 537. The van der Waals surface area contributed by atoms with Gasteiger partial charge < -0.3 is 10.3 Å². The number of nitrogens with one attached hydrogen (secondary N) is 2. The zero-order chi connectivity index (χ0) is 11.8. The van der Waals surface area contributed by atoms with Crippen LogP contribution >= 0.6 is 23.2 Å². The highest BCUT2D eigenvalue weighted by atomic mass is 35.5. The van der Waals surface area contributed by atoms with Gasteiger partial charge in [-0.2, -0.15) is 0 Å². The molecule has 2 aromatic rings. The summed E-state index contributed by atoms with van der Waals surface area (Å²) in [6.45, 7) is 1.94. The van der Waals surface area contributed by atoms with Gasteiger partial charge in [-0.05, 0) is 29.8 Å². The second kappa shape index (κ2) is 4.37. The fourth-order valence-electron chi connectivity index (χ4n) is 2.21. The van der Waals surface area contributed by atoms with Crippen LogP contribution in [0.1, 0.15) is 11.3 Å². The van der Waals surface area contributed by atoms with E-state index in [0.29, 0.717) is 5.02 Å². The van der Waals surface area contributed by atoms with Gasteiger partial charge in [0.2, 0.25) is 0 Å². The first kappa shape index (κ1) is 11.1. The molecule has 0 atom stereocenters. The van der Waals surface area contributed by atoms with Crippen molar-refractivity contribution in [3.63, 3.8) is 0 Å². The normalized spacial score (nSPS) is 14.7. The molecule has 0 saturated heterocycles. The van der Waals surface area contributed by atoms with Gasteiger partial charge in [-0.3, -0.25) is 0 Å². The summed E-state index contributed by atoms with van der Waals surface area (Å²) in [6, 6.07) is 7.68. The van der Waals surface area contributed by atoms with Crippen LogP contribution in [0.3, 0.4) is 0 Å². The maximum Gasteiger partial charge on any atom is 0.0500 e. The lowest BCUT2D eigenvalue weighted by atomic mass is 10.1. The molecule has 0 spiro atoms. The summed E-state index contributed by atoms with van der Waals surface area (Å²) < 4.78 is 0. The molecule has 0 saturated carbocycles. The molecule has 0 fully saturated rings. The fraction of sp³-hybridized carbons (Fsp3) is 0.231. The van der Waals surface area contributed by atoms with Crippen molar-refractivity contribution in [2.24, 2.45) is 0 Å². The molecule has 0 amide bonds. The summed E-state index contributed by atoms with van der Waals surface area (Å²) in [7, 11) is 0. The molecule has 2 N–H and O–H groups in total. The zero-order valence-corrected chi connectivity index (χ0v) is 10.7. The number of hydrogen-bond acceptors (Lipinski definition) is 1. The van der Waals surface area contributed by atoms with E-state index in [1.54, 1.807) is 6.07 Å². The summed E-state index contributed by atoms with van der Waals surface area (Å²) >= 11 is 12.2. The molecule has 1 aliphatic heterocycles. The van der Waals surface area contributed by atoms with E-state index in [1.807, 2.05) is 12.1 Å². The molecule has 0 unspecified atom stereocenters. The summed E-state index contributed by atoms with van der Waals surface area (Å²) in [5, 5.41) is 4.78. The van der Waals surface area contributed by atoms with Gasteiger partial charge in [0.15, 0.2) is 0 Å². The first-order valence-corrected chi connectivity index (χ1v) is 6.36.